The second-order valence-electron chi connectivity index (χ2n) is 2.84. The number of nitrogens with one attached hydrogen (secondary N) is 1. The van der Waals surface area contributed by atoms with E-state index >= 15 is 0 Å². The molecule has 5 heteroatoms. The van der Waals surface area contributed by atoms with Gasteiger partial charge in [0.25, 0.3) is 0 Å². The van der Waals surface area contributed by atoms with Crippen molar-refractivity contribution in [2.45, 2.75) is 0 Å². The highest BCUT2D eigenvalue weighted by Crippen LogP contribution is 2.19. The van der Waals surface area contributed by atoms with E-state index in [0.717, 1.165) is 0 Å². The first-order chi connectivity index (χ1) is 7.19. The molecule has 0 heterocycles. The Morgan fingerprint density at radius 1 is 1.62 bits per heavy atom. The zero-order valence-corrected chi connectivity index (χ0v) is 9.38. The van der Waals surface area contributed by atoms with Gasteiger partial charge in [0.1, 0.15) is 24.3 Å². The highest BCUT2D eigenvalue weighted by Gasteiger charge is 2.05. The van der Waals surface area contributed by atoms with E-state index in [4.69, 9.17) is 21.1 Å². The standard InChI is InChI=1S/C11H11N3O.ClH/c1-2-5-15-10-4-3-8(11(13)14)6-9(10)7-12;/h2-4,6H,1,5H2,(H3,13,14);1H. The quantitative estimate of drug-likeness (QED) is 0.476. The highest BCUT2D eigenvalue weighted by atomic mass is 35.5. The summed E-state index contributed by atoms with van der Waals surface area (Å²) in [5.41, 5.74) is 6.18. The molecule has 84 valence electrons. The second-order valence-corrected chi connectivity index (χ2v) is 2.84. The Kier molecular flexibility index (Phi) is 5.68. The molecule has 0 aromatic heterocycles. The van der Waals surface area contributed by atoms with E-state index in [9.17, 15) is 0 Å². The molecule has 0 fully saturated rings. The van der Waals surface area contributed by atoms with E-state index in [2.05, 4.69) is 6.58 Å². The normalized spacial score (nSPS) is 8.44. The third-order valence-electron chi connectivity index (χ3n) is 1.77. The van der Waals surface area contributed by atoms with Crippen molar-refractivity contribution in [3.8, 4) is 11.8 Å². The van der Waals surface area contributed by atoms with Gasteiger partial charge in [-0.2, -0.15) is 5.26 Å². The lowest BCUT2D eigenvalue weighted by atomic mass is 10.1. The van der Waals surface area contributed by atoms with Crippen molar-refractivity contribution in [3.63, 3.8) is 0 Å². The van der Waals surface area contributed by atoms with Crippen molar-refractivity contribution >= 4 is 18.2 Å². The molecule has 1 rings (SSSR count). The fourth-order valence-corrected chi connectivity index (χ4v) is 1.06. The average Bonchev–Trinajstić information content (AvgIpc) is 2.25. The van der Waals surface area contributed by atoms with Gasteiger partial charge in [-0.15, -0.1) is 12.4 Å². The van der Waals surface area contributed by atoms with Gasteiger partial charge >= 0.3 is 0 Å². The van der Waals surface area contributed by atoms with Crippen LogP contribution >= 0.6 is 12.4 Å². The monoisotopic (exact) mass is 237 g/mol. The van der Waals surface area contributed by atoms with Crippen LogP contribution in [0.2, 0.25) is 0 Å². The summed E-state index contributed by atoms with van der Waals surface area (Å²) in [6.45, 7) is 3.86. The molecule has 0 spiro atoms. The SMILES string of the molecule is C=CCOc1ccc(C(=N)N)cc1C#N.Cl. The van der Waals surface area contributed by atoms with Crippen molar-refractivity contribution in [3.05, 3.63) is 42.0 Å². The molecule has 0 bridgehead atoms. The molecule has 16 heavy (non-hydrogen) atoms. The minimum atomic E-state index is -0.0678. The van der Waals surface area contributed by atoms with Crippen LogP contribution in [0.15, 0.2) is 30.9 Å². The number of ether oxygens (including phenoxy) is 1. The maximum absolute atomic E-state index is 8.86. The molecule has 0 atom stereocenters. The molecule has 0 saturated heterocycles. The molecular formula is C11H12ClN3O. The molecule has 0 radical (unpaired) electrons. The lowest BCUT2D eigenvalue weighted by molar-refractivity contribution is 0.362. The summed E-state index contributed by atoms with van der Waals surface area (Å²) in [6.07, 6.45) is 1.60. The molecule has 0 aliphatic rings. The smallest absolute Gasteiger partial charge is 0.137 e. The number of nitriles is 1. The number of hydrogen-bond acceptors (Lipinski definition) is 3. The van der Waals surface area contributed by atoms with Gasteiger partial charge in [-0.05, 0) is 18.2 Å². The summed E-state index contributed by atoms with van der Waals surface area (Å²) in [4.78, 5) is 0. The Hall–Kier alpha value is -1.99. The van der Waals surface area contributed by atoms with Crippen LogP contribution in [0.25, 0.3) is 0 Å². The molecule has 0 unspecified atom stereocenters. The maximum atomic E-state index is 8.86. The van der Waals surface area contributed by atoms with Crippen molar-refractivity contribution < 1.29 is 4.74 Å². The number of halogens is 1. The van der Waals surface area contributed by atoms with Gasteiger partial charge in [-0.1, -0.05) is 12.7 Å². The Morgan fingerprint density at radius 2 is 2.31 bits per heavy atom. The third-order valence-corrected chi connectivity index (χ3v) is 1.77. The minimum Gasteiger partial charge on any atom is -0.488 e. The first kappa shape index (κ1) is 14.0. The Bertz CT molecular complexity index is 437. The van der Waals surface area contributed by atoms with E-state index in [0.29, 0.717) is 23.5 Å². The summed E-state index contributed by atoms with van der Waals surface area (Å²) < 4.78 is 5.26. The summed E-state index contributed by atoms with van der Waals surface area (Å²) in [5.74, 6) is 0.407. The van der Waals surface area contributed by atoms with Crippen LogP contribution in [0.1, 0.15) is 11.1 Å². The van der Waals surface area contributed by atoms with Crippen molar-refractivity contribution in [1.82, 2.24) is 0 Å². The van der Waals surface area contributed by atoms with Gasteiger partial charge in [-0.3, -0.25) is 5.41 Å². The number of benzene rings is 1. The van der Waals surface area contributed by atoms with Gasteiger partial charge in [0.2, 0.25) is 0 Å². The number of nitrogen functional groups attached to an aromatic ring is 1. The zero-order chi connectivity index (χ0) is 11.3. The molecule has 4 nitrogen and oxygen atoms in total. The molecule has 0 amide bonds. The van der Waals surface area contributed by atoms with E-state index in [1.54, 1.807) is 18.2 Å². The van der Waals surface area contributed by atoms with Gasteiger partial charge < -0.3 is 10.5 Å². The zero-order valence-electron chi connectivity index (χ0n) is 8.56. The summed E-state index contributed by atoms with van der Waals surface area (Å²) in [5, 5.41) is 16.1. The minimum absolute atomic E-state index is 0. The number of amidine groups is 1. The van der Waals surface area contributed by atoms with Crippen LogP contribution in [-0.4, -0.2) is 12.4 Å². The summed E-state index contributed by atoms with van der Waals surface area (Å²) in [7, 11) is 0. The summed E-state index contributed by atoms with van der Waals surface area (Å²) >= 11 is 0. The van der Waals surface area contributed by atoms with Crippen LogP contribution in [0.4, 0.5) is 0 Å². The van der Waals surface area contributed by atoms with Crippen LogP contribution in [0.3, 0.4) is 0 Å². The predicted molar refractivity (Wildman–Crippen MR) is 65.1 cm³/mol. The highest BCUT2D eigenvalue weighted by molar-refractivity contribution is 5.95. The molecule has 0 saturated carbocycles. The topological polar surface area (TPSA) is 82.9 Å². The fraction of sp³-hybridized carbons (Fsp3) is 0.0909. The maximum Gasteiger partial charge on any atom is 0.137 e. The number of hydrogen-bond donors (Lipinski definition) is 2. The molecule has 1 aromatic rings. The van der Waals surface area contributed by atoms with Crippen LogP contribution in [0, 0.1) is 16.7 Å². The first-order valence-corrected chi connectivity index (χ1v) is 4.31. The molecule has 1 aromatic carbocycles. The number of nitrogens with two attached hydrogens (primary N) is 1. The van der Waals surface area contributed by atoms with E-state index in [1.165, 1.54) is 6.07 Å². The third kappa shape index (κ3) is 3.30. The van der Waals surface area contributed by atoms with Crippen molar-refractivity contribution in [2.24, 2.45) is 5.73 Å². The Morgan fingerprint density at radius 3 is 2.81 bits per heavy atom. The van der Waals surface area contributed by atoms with Gasteiger partial charge in [0, 0.05) is 5.56 Å². The molecule has 0 aliphatic heterocycles. The van der Waals surface area contributed by atoms with Gasteiger partial charge in [0.05, 0.1) is 5.56 Å². The fourth-order valence-electron chi connectivity index (χ4n) is 1.06. The van der Waals surface area contributed by atoms with E-state index < -0.39 is 0 Å². The van der Waals surface area contributed by atoms with Crippen LogP contribution in [-0.2, 0) is 0 Å². The van der Waals surface area contributed by atoms with Crippen LogP contribution < -0.4 is 10.5 Å². The number of rotatable bonds is 4. The first-order valence-electron chi connectivity index (χ1n) is 4.31. The molecule has 0 aliphatic carbocycles. The van der Waals surface area contributed by atoms with E-state index in [1.807, 2.05) is 6.07 Å². The van der Waals surface area contributed by atoms with Gasteiger partial charge in [0.15, 0.2) is 0 Å². The lowest BCUT2D eigenvalue weighted by Gasteiger charge is -2.06. The predicted octanol–water partition coefficient (Wildman–Crippen LogP) is 1.83. The van der Waals surface area contributed by atoms with Crippen LogP contribution in [0.5, 0.6) is 5.75 Å². The van der Waals surface area contributed by atoms with Crippen molar-refractivity contribution in [1.29, 1.82) is 10.7 Å². The lowest BCUT2D eigenvalue weighted by Crippen LogP contribution is -2.11. The Labute approximate surface area is 100 Å². The van der Waals surface area contributed by atoms with Gasteiger partial charge in [-0.25, -0.2) is 0 Å². The Balaban J connectivity index is 0.00000225. The largest absolute Gasteiger partial charge is 0.488 e. The molecule has 3 N–H and O–H groups in total. The second kappa shape index (κ2) is 6.49. The average molecular weight is 238 g/mol. The van der Waals surface area contributed by atoms with E-state index in [-0.39, 0.29) is 18.2 Å². The summed E-state index contributed by atoms with van der Waals surface area (Å²) in [6, 6.07) is 6.78. The van der Waals surface area contributed by atoms with Crippen molar-refractivity contribution in [2.75, 3.05) is 6.61 Å². The number of nitrogens with zero attached hydrogens (tertiary/aromatic N) is 1. The molecular weight excluding hydrogens is 226 g/mol.